The molecule has 0 saturated carbocycles. The van der Waals surface area contributed by atoms with Crippen LogP contribution in [0, 0.1) is 0 Å². The molecule has 1 aliphatic heterocycles. The standard InChI is InChI=1S/C6H11NO3/c1-5(8)10-6(9)7-3-2-4-7/h5,8H,2-4H2,1H3/t5-/m1/s1. The number of rotatable bonds is 1. The normalized spacial score (nSPS) is 19.6. The molecule has 1 atom stereocenters. The molecule has 4 nitrogen and oxygen atoms in total. The largest absolute Gasteiger partial charge is 0.420 e. The minimum Gasteiger partial charge on any atom is -0.420 e. The van der Waals surface area contributed by atoms with Gasteiger partial charge in [0.1, 0.15) is 0 Å². The smallest absolute Gasteiger partial charge is 0.412 e. The van der Waals surface area contributed by atoms with Gasteiger partial charge in [-0.15, -0.1) is 0 Å². The van der Waals surface area contributed by atoms with Gasteiger partial charge in [0, 0.05) is 13.1 Å². The number of nitrogens with zero attached hydrogens (tertiary/aromatic N) is 1. The number of amides is 1. The highest BCUT2D eigenvalue weighted by atomic mass is 16.6. The van der Waals surface area contributed by atoms with Crippen LogP contribution in [0.1, 0.15) is 13.3 Å². The zero-order valence-corrected chi connectivity index (χ0v) is 5.91. The Balaban J connectivity index is 2.20. The number of hydrogen-bond acceptors (Lipinski definition) is 3. The molecule has 0 aromatic carbocycles. The van der Waals surface area contributed by atoms with Crippen LogP contribution in [-0.4, -0.2) is 35.5 Å². The van der Waals surface area contributed by atoms with Crippen molar-refractivity contribution >= 4 is 6.09 Å². The highest BCUT2D eigenvalue weighted by Crippen LogP contribution is 2.07. The summed E-state index contributed by atoms with van der Waals surface area (Å²) >= 11 is 0. The van der Waals surface area contributed by atoms with E-state index in [1.54, 1.807) is 4.90 Å². The maximum absolute atomic E-state index is 10.8. The fraction of sp³-hybridized carbons (Fsp3) is 0.833. The summed E-state index contributed by atoms with van der Waals surface area (Å²) in [4.78, 5) is 12.3. The van der Waals surface area contributed by atoms with Crippen LogP contribution in [0.15, 0.2) is 0 Å². The van der Waals surface area contributed by atoms with E-state index < -0.39 is 12.4 Å². The molecule has 1 amide bonds. The summed E-state index contributed by atoms with van der Waals surface area (Å²) in [6.45, 7) is 2.93. The summed E-state index contributed by atoms with van der Waals surface area (Å²) in [6, 6.07) is 0. The van der Waals surface area contributed by atoms with Crippen molar-refractivity contribution < 1.29 is 14.6 Å². The lowest BCUT2D eigenvalue weighted by Crippen LogP contribution is -2.43. The second-order valence-corrected chi connectivity index (χ2v) is 2.32. The van der Waals surface area contributed by atoms with Crippen LogP contribution in [0.5, 0.6) is 0 Å². The first-order valence-corrected chi connectivity index (χ1v) is 3.34. The van der Waals surface area contributed by atoms with E-state index in [0.29, 0.717) is 0 Å². The van der Waals surface area contributed by atoms with Crippen molar-refractivity contribution in [2.45, 2.75) is 19.6 Å². The Kier molecular flexibility index (Phi) is 2.11. The lowest BCUT2D eigenvalue weighted by Gasteiger charge is -2.30. The third-order valence-corrected chi connectivity index (χ3v) is 1.39. The topological polar surface area (TPSA) is 49.8 Å². The molecule has 0 radical (unpaired) electrons. The second kappa shape index (κ2) is 2.88. The summed E-state index contributed by atoms with van der Waals surface area (Å²) in [5.41, 5.74) is 0. The lowest BCUT2D eigenvalue weighted by molar-refractivity contribution is -0.0560. The average Bonchev–Trinajstić information content (AvgIpc) is 1.55. The maximum atomic E-state index is 10.8. The molecule has 1 saturated heterocycles. The number of hydrogen-bond donors (Lipinski definition) is 1. The number of aliphatic hydroxyl groups excluding tert-OH is 1. The van der Waals surface area contributed by atoms with Gasteiger partial charge in [0.25, 0.3) is 0 Å². The van der Waals surface area contributed by atoms with E-state index in [4.69, 9.17) is 5.11 Å². The Morgan fingerprint density at radius 1 is 1.70 bits per heavy atom. The Morgan fingerprint density at radius 3 is 2.60 bits per heavy atom. The second-order valence-electron chi connectivity index (χ2n) is 2.32. The van der Waals surface area contributed by atoms with Gasteiger partial charge in [-0.05, 0) is 13.3 Å². The van der Waals surface area contributed by atoms with Crippen molar-refractivity contribution in [3.63, 3.8) is 0 Å². The molecule has 0 unspecified atom stereocenters. The highest BCUT2D eigenvalue weighted by Gasteiger charge is 2.22. The van der Waals surface area contributed by atoms with Gasteiger partial charge < -0.3 is 14.7 Å². The monoisotopic (exact) mass is 145 g/mol. The zero-order valence-electron chi connectivity index (χ0n) is 5.91. The van der Waals surface area contributed by atoms with Gasteiger partial charge in [0.2, 0.25) is 0 Å². The van der Waals surface area contributed by atoms with Crippen molar-refractivity contribution in [3.05, 3.63) is 0 Å². The van der Waals surface area contributed by atoms with E-state index in [2.05, 4.69) is 4.74 Å². The van der Waals surface area contributed by atoms with E-state index in [0.717, 1.165) is 19.5 Å². The van der Waals surface area contributed by atoms with Gasteiger partial charge in [-0.3, -0.25) is 0 Å². The molecule has 1 N–H and O–H groups in total. The van der Waals surface area contributed by atoms with Crippen LogP contribution in [0.4, 0.5) is 4.79 Å². The summed E-state index contributed by atoms with van der Waals surface area (Å²) in [7, 11) is 0. The molecule has 0 aromatic heterocycles. The molecule has 0 bridgehead atoms. The number of carbonyl (C=O) groups is 1. The molecular weight excluding hydrogens is 134 g/mol. The molecule has 10 heavy (non-hydrogen) atoms. The van der Waals surface area contributed by atoms with E-state index >= 15 is 0 Å². The van der Waals surface area contributed by atoms with Gasteiger partial charge in [0.15, 0.2) is 6.29 Å². The number of carbonyl (C=O) groups excluding carboxylic acids is 1. The van der Waals surface area contributed by atoms with Crippen LogP contribution in [0.3, 0.4) is 0 Å². The van der Waals surface area contributed by atoms with Gasteiger partial charge in [-0.1, -0.05) is 0 Å². The van der Waals surface area contributed by atoms with Crippen LogP contribution < -0.4 is 0 Å². The maximum Gasteiger partial charge on any atom is 0.412 e. The van der Waals surface area contributed by atoms with Gasteiger partial charge in [-0.2, -0.15) is 0 Å². The summed E-state index contributed by atoms with van der Waals surface area (Å²) in [5.74, 6) is 0. The summed E-state index contributed by atoms with van der Waals surface area (Å²) in [5, 5.41) is 8.62. The first-order chi connectivity index (χ1) is 4.70. The molecule has 58 valence electrons. The van der Waals surface area contributed by atoms with Crippen molar-refractivity contribution in [2.75, 3.05) is 13.1 Å². The van der Waals surface area contributed by atoms with Crippen LogP contribution >= 0.6 is 0 Å². The third-order valence-electron chi connectivity index (χ3n) is 1.39. The average molecular weight is 145 g/mol. The van der Waals surface area contributed by atoms with Crippen molar-refractivity contribution in [1.29, 1.82) is 0 Å². The van der Waals surface area contributed by atoms with Gasteiger partial charge in [0.05, 0.1) is 0 Å². The predicted octanol–water partition coefficient (Wildman–Crippen LogP) is 0.167. The molecular formula is C6H11NO3. The molecule has 0 spiro atoms. The SMILES string of the molecule is C[C@H](O)OC(=O)N1CCC1. The van der Waals surface area contributed by atoms with E-state index in [-0.39, 0.29) is 0 Å². The molecule has 0 aliphatic carbocycles. The molecule has 0 aromatic rings. The number of aliphatic hydroxyl groups is 1. The quantitative estimate of drug-likeness (QED) is 0.535. The fourth-order valence-corrected chi connectivity index (χ4v) is 0.719. The zero-order chi connectivity index (χ0) is 7.56. The highest BCUT2D eigenvalue weighted by molar-refractivity contribution is 5.68. The van der Waals surface area contributed by atoms with Crippen LogP contribution in [0.2, 0.25) is 0 Å². The number of ether oxygens (including phenoxy) is 1. The summed E-state index contributed by atoms with van der Waals surface area (Å²) in [6.07, 6.45) is -0.371. The predicted molar refractivity (Wildman–Crippen MR) is 34.4 cm³/mol. The van der Waals surface area contributed by atoms with Gasteiger partial charge >= 0.3 is 6.09 Å². The third kappa shape index (κ3) is 1.60. The van der Waals surface area contributed by atoms with Crippen molar-refractivity contribution in [2.24, 2.45) is 0 Å². The minimum atomic E-state index is -0.993. The Hall–Kier alpha value is -0.770. The Labute approximate surface area is 59.4 Å². The fourth-order valence-electron chi connectivity index (χ4n) is 0.719. The molecule has 1 rings (SSSR count). The van der Waals surface area contributed by atoms with Crippen LogP contribution in [-0.2, 0) is 4.74 Å². The van der Waals surface area contributed by atoms with Crippen molar-refractivity contribution in [1.82, 2.24) is 4.90 Å². The van der Waals surface area contributed by atoms with E-state index in [1.807, 2.05) is 0 Å². The molecule has 4 heteroatoms. The molecule has 1 fully saturated rings. The Morgan fingerprint density at radius 2 is 2.30 bits per heavy atom. The Bertz CT molecular complexity index is 131. The minimum absolute atomic E-state index is 0.416. The van der Waals surface area contributed by atoms with E-state index in [9.17, 15) is 4.79 Å². The van der Waals surface area contributed by atoms with E-state index in [1.165, 1.54) is 6.92 Å². The van der Waals surface area contributed by atoms with Crippen LogP contribution in [0.25, 0.3) is 0 Å². The van der Waals surface area contributed by atoms with Crippen molar-refractivity contribution in [3.8, 4) is 0 Å². The molecule has 1 heterocycles. The lowest BCUT2D eigenvalue weighted by atomic mass is 10.2. The van der Waals surface area contributed by atoms with Gasteiger partial charge in [-0.25, -0.2) is 4.79 Å². The first-order valence-electron chi connectivity index (χ1n) is 3.34. The first kappa shape index (κ1) is 7.34. The number of likely N-dealkylation sites (tertiary alicyclic amines) is 1. The molecule has 1 aliphatic rings. The summed E-state index contributed by atoms with van der Waals surface area (Å²) < 4.78 is 4.50.